The summed E-state index contributed by atoms with van der Waals surface area (Å²) in [4.78, 5) is 0. The fourth-order valence-corrected chi connectivity index (χ4v) is 2.53. The highest BCUT2D eigenvalue weighted by Crippen LogP contribution is 2.32. The second-order valence-corrected chi connectivity index (χ2v) is 5.16. The van der Waals surface area contributed by atoms with Crippen LogP contribution in [0.2, 0.25) is 0 Å². The lowest BCUT2D eigenvalue weighted by atomic mass is 9.81. The smallest absolute Gasteiger partial charge is 0.211 e. The van der Waals surface area contributed by atoms with Crippen LogP contribution >= 0.6 is 0 Å². The minimum Gasteiger partial charge on any atom is -0.507 e. The monoisotopic (exact) mass is 243 g/mol. The van der Waals surface area contributed by atoms with E-state index in [2.05, 4.69) is 0 Å². The second kappa shape index (κ2) is 4.48. The zero-order chi connectivity index (χ0) is 12.5. The predicted octanol–water partition coefficient (Wildman–Crippen LogP) is 3.35. The predicted molar refractivity (Wildman–Crippen MR) is 69.4 cm³/mol. The van der Waals surface area contributed by atoms with E-state index in [-0.39, 0.29) is 11.3 Å². The van der Waals surface area contributed by atoms with Gasteiger partial charge in [-0.3, -0.25) is 5.41 Å². The highest BCUT2D eigenvalue weighted by molar-refractivity contribution is 5.83. The fraction of sp³-hybridized carbons (Fsp3) is 0.400. The molecule has 18 heavy (non-hydrogen) atoms. The number of hydrogen-bond acceptors (Lipinski definition) is 3. The van der Waals surface area contributed by atoms with Crippen molar-refractivity contribution in [3.8, 4) is 5.75 Å². The molecule has 3 nitrogen and oxygen atoms in total. The van der Waals surface area contributed by atoms with Gasteiger partial charge in [-0.2, -0.15) is 0 Å². The van der Waals surface area contributed by atoms with Gasteiger partial charge < -0.3 is 9.52 Å². The molecule has 1 aromatic heterocycles. The molecule has 1 heterocycles. The van der Waals surface area contributed by atoms with Crippen LogP contribution in [0, 0.1) is 11.3 Å². The SMILES string of the molecule is N=c1ccc2c(O)cc(CCC3CCC3)cc2o1. The molecule has 0 aliphatic heterocycles. The Labute approximate surface area is 106 Å². The lowest BCUT2D eigenvalue weighted by molar-refractivity contribution is 0.296. The first kappa shape index (κ1) is 11.3. The third-order valence-electron chi connectivity index (χ3n) is 3.87. The van der Waals surface area contributed by atoms with Crippen molar-refractivity contribution in [2.24, 2.45) is 5.92 Å². The van der Waals surface area contributed by atoms with E-state index >= 15 is 0 Å². The number of phenols is 1. The first-order valence-corrected chi connectivity index (χ1v) is 6.53. The van der Waals surface area contributed by atoms with Gasteiger partial charge in [0.25, 0.3) is 0 Å². The Morgan fingerprint density at radius 3 is 2.83 bits per heavy atom. The van der Waals surface area contributed by atoms with Gasteiger partial charge in [-0.15, -0.1) is 0 Å². The summed E-state index contributed by atoms with van der Waals surface area (Å²) >= 11 is 0. The number of fused-ring (bicyclic) bond motifs is 1. The van der Waals surface area contributed by atoms with Gasteiger partial charge in [-0.05, 0) is 42.5 Å². The Morgan fingerprint density at radius 2 is 2.11 bits per heavy atom. The van der Waals surface area contributed by atoms with Crippen molar-refractivity contribution in [3.63, 3.8) is 0 Å². The Morgan fingerprint density at radius 1 is 1.28 bits per heavy atom. The summed E-state index contributed by atoms with van der Waals surface area (Å²) in [6.45, 7) is 0. The molecule has 94 valence electrons. The van der Waals surface area contributed by atoms with Gasteiger partial charge >= 0.3 is 0 Å². The van der Waals surface area contributed by atoms with E-state index in [1.807, 2.05) is 12.1 Å². The third kappa shape index (κ3) is 2.13. The molecule has 2 N–H and O–H groups in total. The highest BCUT2D eigenvalue weighted by Gasteiger charge is 2.17. The van der Waals surface area contributed by atoms with Crippen LogP contribution < -0.4 is 5.55 Å². The van der Waals surface area contributed by atoms with Crippen molar-refractivity contribution in [3.05, 3.63) is 35.4 Å². The van der Waals surface area contributed by atoms with Crippen LogP contribution in [-0.2, 0) is 6.42 Å². The standard InChI is InChI=1S/C15H17NO2/c16-15-7-6-12-13(17)8-11(9-14(12)18-15)5-4-10-2-1-3-10/h6-10,16-17H,1-5H2. The molecule has 1 aliphatic carbocycles. The third-order valence-corrected chi connectivity index (χ3v) is 3.87. The van der Waals surface area contributed by atoms with Crippen LogP contribution in [0.1, 0.15) is 31.2 Å². The molecule has 1 aliphatic rings. The summed E-state index contributed by atoms with van der Waals surface area (Å²) in [6.07, 6.45) is 6.23. The molecule has 0 radical (unpaired) electrons. The zero-order valence-electron chi connectivity index (χ0n) is 10.3. The van der Waals surface area contributed by atoms with Crippen molar-refractivity contribution in [2.45, 2.75) is 32.1 Å². The first-order valence-electron chi connectivity index (χ1n) is 6.53. The van der Waals surface area contributed by atoms with Gasteiger partial charge in [0.2, 0.25) is 5.55 Å². The van der Waals surface area contributed by atoms with Crippen LogP contribution in [-0.4, -0.2) is 5.11 Å². The quantitative estimate of drug-likeness (QED) is 0.868. The maximum atomic E-state index is 9.96. The van der Waals surface area contributed by atoms with Gasteiger partial charge in [-0.25, -0.2) is 0 Å². The lowest BCUT2D eigenvalue weighted by Crippen LogP contribution is -2.11. The number of rotatable bonds is 3. The molecular formula is C15H17NO2. The van der Waals surface area contributed by atoms with Gasteiger partial charge in [-0.1, -0.05) is 19.3 Å². The van der Waals surface area contributed by atoms with Crippen LogP contribution in [0.3, 0.4) is 0 Å². The minimum absolute atomic E-state index is 0.123. The summed E-state index contributed by atoms with van der Waals surface area (Å²) in [5, 5.41) is 18.1. The zero-order valence-corrected chi connectivity index (χ0v) is 10.3. The number of hydrogen-bond donors (Lipinski definition) is 2. The molecule has 0 atom stereocenters. The molecule has 0 amide bonds. The van der Waals surface area contributed by atoms with Crippen LogP contribution in [0.25, 0.3) is 11.0 Å². The van der Waals surface area contributed by atoms with Crippen molar-refractivity contribution < 1.29 is 9.52 Å². The molecule has 0 spiro atoms. The number of benzene rings is 1. The maximum absolute atomic E-state index is 9.96. The Balaban J connectivity index is 1.90. The molecule has 3 rings (SSSR count). The van der Waals surface area contributed by atoms with Crippen molar-refractivity contribution in [2.75, 3.05) is 0 Å². The van der Waals surface area contributed by atoms with E-state index in [1.165, 1.54) is 25.7 Å². The van der Waals surface area contributed by atoms with E-state index < -0.39 is 0 Å². The minimum atomic E-state index is 0.123. The molecule has 0 bridgehead atoms. The highest BCUT2D eigenvalue weighted by atomic mass is 16.3. The van der Waals surface area contributed by atoms with E-state index in [1.54, 1.807) is 12.1 Å². The Hall–Kier alpha value is -1.77. The van der Waals surface area contributed by atoms with E-state index in [0.717, 1.165) is 17.9 Å². The largest absolute Gasteiger partial charge is 0.507 e. The van der Waals surface area contributed by atoms with Crippen molar-refractivity contribution >= 4 is 11.0 Å². The molecular weight excluding hydrogens is 226 g/mol. The van der Waals surface area contributed by atoms with Crippen molar-refractivity contribution in [1.82, 2.24) is 0 Å². The van der Waals surface area contributed by atoms with Gasteiger partial charge in [0.05, 0.1) is 5.39 Å². The summed E-state index contributed by atoms with van der Waals surface area (Å²) in [7, 11) is 0. The normalized spacial score (nSPS) is 15.8. The average Bonchev–Trinajstić information content (AvgIpc) is 2.26. The summed E-state index contributed by atoms with van der Waals surface area (Å²) < 4.78 is 5.34. The molecule has 1 fully saturated rings. The van der Waals surface area contributed by atoms with Crippen LogP contribution in [0.4, 0.5) is 0 Å². The lowest BCUT2D eigenvalue weighted by Gasteiger charge is -2.25. The Kier molecular flexibility index (Phi) is 2.82. The first-order chi connectivity index (χ1) is 8.72. The number of phenolic OH excluding ortho intramolecular Hbond substituents is 1. The Bertz CT molecular complexity index is 626. The topological polar surface area (TPSA) is 57.2 Å². The van der Waals surface area contributed by atoms with E-state index in [4.69, 9.17) is 9.83 Å². The van der Waals surface area contributed by atoms with Crippen LogP contribution in [0.15, 0.2) is 28.7 Å². The summed E-state index contributed by atoms with van der Waals surface area (Å²) in [6, 6.07) is 7.05. The number of nitrogens with one attached hydrogen (secondary N) is 1. The average molecular weight is 243 g/mol. The molecule has 3 heteroatoms. The maximum Gasteiger partial charge on any atom is 0.211 e. The van der Waals surface area contributed by atoms with Crippen molar-refractivity contribution in [1.29, 1.82) is 5.41 Å². The summed E-state index contributed by atoms with van der Waals surface area (Å²) in [5.41, 5.74) is 1.82. The number of aromatic hydroxyl groups is 1. The van der Waals surface area contributed by atoms with Gasteiger partial charge in [0, 0.05) is 6.07 Å². The van der Waals surface area contributed by atoms with Crippen LogP contribution in [0.5, 0.6) is 5.75 Å². The fourth-order valence-electron chi connectivity index (χ4n) is 2.53. The van der Waals surface area contributed by atoms with Gasteiger partial charge in [0.15, 0.2) is 0 Å². The molecule has 0 unspecified atom stereocenters. The number of aryl methyl sites for hydroxylation is 1. The molecule has 1 aromatic carbocycles. The second-order valence-electron chi connectivity index (χ2n) is 5.16. The van der Waals surface area contributed by atoms with E-state index in [9.17, 15) is 5.11 Å². The summed E-state index contributed by atoms with van der Waals surface area (Å²) in [5.74, 6) is 1.11. The van der Waals surface area contributed by atoms with Gasteiger partial charge in [0.1, 0.15) is 11.3 Å². The van der Waals surface area contributed by atoms with E-state index in [0.29, 0.717) is 11.0 Å². The molecule has 1 saturated carbocycles. The molecule has 0 saturated heterocycles. The molecule has 2 aromatic rings.